The van der Waals surface area contributed by atoms with Gasteiger partial charge in [0, 0.05) is 19.1 Å². The Morgan fingerprint density at radius 2 is 2.27 bits per heavy atom. The summed E-state index contributed by atoms with van der Waals surface area (Å²) in [6.07, 6.45) is 5.60. The summed E-state index contributed by atoms with van der Waals surface area (Å²) >= 11 is 3.24. The number of hydrogen-bond acceptors (Lipinski definition) is 6. The summed E-state index contributed by atoms with van der Waals surface area (Å²) in [5.74, 6) is 3.94. The van der Waals surface area contributed by atoms with Crippen molar-refractivity contribution in [1.29, 1.82) is 0 Å². The molecule has 162 valence electrons. The summed E-state index contributed by atoms with van der Waals surface area (Å²) in [4.78, 5) is 15.9. The zero-order valence-corrected chi connectivity index (χ0v) is 19.3. The van der Waals surface area contributed by atoms with Crippen molar-refractivity contribution in [2.45, 2.75) is 56.8 Å². The van der Waals surface area contributed by atoms with Crippen molar-refractivity contribution in [3.8, 4) is 10.7 Å². The molecule has 0 radical (unpaired) electrons. The second kappa shape index (κ2) is 8.63. The third-order valence-electron chi connectivity index (χ3n) is 7.14. The van der Waals surface area contributed by atoms with Crippen molar-refractivity contribution in [3.63, 3.8) is 0 Å². The van der Waals surface area contributed by atoms with Crippen LogP contribution in [0, 0.1) is 17.8 Å². The lowest BCUT2D eigenvalue weighted by Gasteiger charge is -2.31. The topological polar surface area (TPSA) is 60.2 Å². The fourth-order valence-corrected chi connectivity index (χ4v) is 7.29. The van der Waals surface area contributed by atoms with Gasteiger partial charge in [-0.1, -0.05) is 24.2 Å². The van der Waals surface area contributed by atoms with E-state index in [0.29, 0.717) is 37.4 Å². The average molecular weight is 447 g/mol. The molecule has 2 bridgehead atoms. The molecule has 0 aromatic carbocycles. The van der Waals surface area contributed by atoms with Crippen LogP contribution in [0.4, 0.5) is 0 Å². The third kappa shape index (κ3) is 3.94. The van der Waals surface area contributed by atoms with E-state index in [1.165, 1.54) is 37.4 Å². The lowest BCUT2D eigenvalue weighted by Crippen LogP contribution is -2.45. The maximum absolute atomic E-state index is 12.8. The molecule has 1 amide bonds. The normalized spacial score (nSPS) is 29.5. The van der Waals surface area contributed by atoms with E-state index >= 15 is 0 Å². The van der Waals surface area contributed by atoms with E-state index in [-0.39, 0.29) is 12.0 Å². The molecule has 1 aliphatic heterocycles. The number of fused-ring (bicyclic) bond motifs is 2. The van der Waals surface area contributed by atoms with E-state index in [4.69, 9.17) is 4.74 Å². The minimum absolute atomic E-state index is 0.111. The van der Waals surface area contributed by atoms with Gasteiger partial charge in [-0.3, -0.25) is 9.36 Å². The van der Waals surface area contributed by atoms with Crippen LogP contribution in [0.1, 0.15) is 45.6 Å². The van der Waals surface area contributed by atoms with Gasteiger partial charge in [0.2, 0.25) is 5.91 Å². The summed E-state index contributed by atoms with van der Waals surface area (Å²) in [5, 5.41) is 12.1. The van der Waals surface area contributed by atoms with Gasteiger partial charge in [0.05, 0.1) is 23.3 Å². The van der Waals surface area contributed by atoms with Gasteiger partial charge >= 0.3 is 0 Å². The predicted molar refractivity (Wildman–Crippen MR) is 120 cm³/mol. The van der Waals surface area contributed by atoms with Crippen LogP contribution in [-0.2, 0) is 9.53 Å². The first kappa shape index (κ1) is 20.5. The molecule has 5 unspecified atom stereocenters. The number of hydrogen-bond donors (Lipinski definition) is 0. The molecule has 0 spiro atoms. The summed E-state index contributed by atoms with van der Waals surface area (Å²) in [6, 6.07) is 4.54. The van der Waals surface area contributed by atoms with Crippen molar-refractivity contribution in [2.75, 3.05) is 25.4 Å². The molecule has 30 heavy (non-hydrogen) atoms. The van der Waals surface area contributed by atoms with Crippen LogP contribution in [0.15, 0.2) is 22.7 Å². The van der Waals surface area contributed by atoms with E-state index < -0.39 is 0 Å². The fourth-order valence-electron chi connectivity index (χ4n) is 5.66. The van der Waals surface area contributed by atoms with Gasteiger partial charge < -0.3 is 9.64 Å². The molecule has 2 aromatic rings. The molecular weight excluding hydrogens is 416 g/mol. The number of morpholine rings is 1. The lowest BCUT2D eigenvalue weighted by molar-refractivity contribution is -0.135. The van der Waals surface area contributed by atoms with Gasteiger partial charge in [0.1, 0.15) is 0 Å². The van der Waals surface area contributed by atoms with E-state index in [1.54, 1.807) is 11.3 Å². The van der Waals surface area contributed by atoms with E-state index in [1.807, 2.05) is 11.8 Å². The van der Waals surface area contributed by atoms with Gasteiger partial charge in [-0.15, -0.1) is 21.5 Å². The van der Waals surface area contributed by atoms with Gasteiger partial charge in [0.25, 0.3) is 0 Å². The van der Waals surface area contributed by atoms with Crippen LogP contribution in [0.3, 0.4) is 0 Å². The molecule has 5 rings (SSSR count). The molecule has 5 atom stereocenters. The zero-order valence-electron chi connectivity index (χ0n) is 17.7. The molecular formula is C22H30N4O2S2. The Bertz CT molecular complexity index is 884. The van der Waals surface area contributed by atoms with Crippen molar-refractivity contribution in [3.05, 3.63) is 17.5 Å². The van der Waals surface area contributed by atoms with Gasteiger partial charge in [-0.25, -0.2) is 0 Å². The zero-order chi connectivity index (χ0) is 20.7. The smallest absolute Gasteiger partial charge is 0.233 e. The van der Waals surface area contributed by atoms with E-state index in [9.17, 15) is 4.79 Å². The second-order valence-electron chi connectivity index (χ2n) is 9.04. The molecule has 0 N–H and O–H groups in total. The number of nitrogens with zero attached hydrogens (tertiary/aromatic N) is 4. The summed E-state index contributed by atoms with van der Waals surface area (Å²) in [5.41, 5.74) is 0. The Hall–Kier alpha value is -1.38. The number of carbonyl (C=O) groups is 1. The lowest BCUT2D eigenvalue weighted by atomic mass is 9.84. The van der Waals surface area contributed by atoms with E-state index in [2.05, 4.69) is 39.2 Å². The third-order valence-corrected chi connectivity index (χ3v) is 8.94. The van der Waals surface area contributed by atoms with Gasteiger partial charge in [-0.2, -0.15) is 0 Å². The minimum atomic E-state index is 0.111. The van der Waals surface area contributed by atoms with Crippen molar-refractivity contribution in [2.24, 2.45) is 17.8 Å². The van der Waals surface area contributed by atoms with Crippen LogP contribution in [0.5, 0.6) is 0 Å². The first-order chi connectivity index (χ1) is 14.6. The van der Waals surface area contributed by atoms with Crippen LogP contribution in [0.2, 0.25) is 0 Å². The average Bonchev–Trinajstić information content (AvgIpc) is 3.55. The highest BCUT2D eigenvalue weighted by molar-refractivity contribution is 7.99. The maximum Gasteiger partial charge on any atom is 0.233 e. The Morgan fingerprint density at radius 3 is 2.97 bits per heavy atom. The quantitative estimate of drug-likeness (QED) is 0.618. The highest BCUT2D eigenvalue weighted by Crippen LogP contribution is 2.53. The van der Waals surface area contributed by atoms with Crippen molar-refractivity contribution < 1.29 is 9.53 Å². The Labute approximate surface area is 186 Å². The Balaban J connectivity index is 1.36. The monoisotopic (exact) mass is 446 g/mol. The first-order valence-corrected chi connectivity index (χ1v) is 13.0. The highest BCUT2D eigenvalue weighted by Gasteiger charge is 2.43. The molecule has 2 aromatic heterocycles. The molecule has 8 heteroatoms. The fraction of sp³-hybridized carbons (Fsp3) is 0.682. The molecule has 3 heterocycles. The van der Waals surface area contributed by atoms with Crippen LogP contribution >= 0.6 is 23.1 Å². The molecule has 2 saturated carbocycles. The molecule has 1 saturated heterocycles. The standard InChI is InChI=1S/C22H30N4O2S2/c1-14-12-25(7-8-28-14)20(27)13-30-22-24-23-21(19-4-3-9-29-19)26(22)15(2)18-11-16-5-6-17(18)10-16/h3-4,9,14-18H,5-8,10-13H2,1-2H3. The minimum Gasteiger partial charge on any atom is -0.375 e. The summed E-state index contributed by atoms with van der Waals surface area (Å²) in [6.45, 7) is 6.33. The Kier molecular flexibility index (Phi) is 5.90. The van der Waals surface area contributed by atoms with Gasteiger partial charge in [-0.05, 0) is 62.3 Å². The number of thiophene rings is 1. The largest absolute Gasteiger partial charge is 0.375 e. The van der Waals surface area contributed by atoms with E-state index in [0.717, 1.165) is 27.7 Å². The summed E-state index contributed by atoms with van der Waals surface area (Å²) in [7, 11) is 0. The van der Waals surface area contributed by atoms with Gasteiger partial charge in [0.15, 0.2) is 11.0 Å². The molecule has 6 nitrogen and oxygen atoms in total. The van der Waals surface area contributed by atoms with Crippen LogP contribution in [0.25, 0.3) is 10.7 Å². The molecule has 3 aliphatic rings. The van der Waals surface area contributed by atoms with Crippen molar-refractivity contribution in [1.82, 2.24) is 19.7 Å². The summed E-state index contributed by atoms with van der Waals surface area (Å²) < 4.78 is 7.90. The molecule has 3 fully saturated rings. The number of ether oxygens (including phenoxy) is 1. The van der Waals surface area contributed by atoms with Crippen molar-refractivity contribution >= 4 is 29.0 Å². The second-order valence-corrected chi connectivity index (χ2v) is 10.9. The molecule has 2 aliphatic carbocycles. The Morgan fingerprint density at radius 1 is 1.37 bits per heavy atom. The maximum atomic E-state index is 12.8. The number of aromatic nitrogens is 3. The number of amides is 1. The number of rotatable bonds is 6. The highest BCUT2D eigenvalue weighted by atomic mass is 32.2. The van der Waals surface area contributed by atoms with Crippen LogP contribution in [-0.4, -0.2) is 57.1 Å². The van der Waals surface area contributed by atoms with Crippen LogP contribution < -0.4 is 0 Å². The number of carbonyl (C=O) groups excluding carboxylic acids is 1. The number of thioether (sulfide) groups is 1. The SMILES string of the molecule is CC1CN(C(=O)CSc2nnc(-c3cccs3)n2C(C)C2CC3CCC2C3)CCO1. The predicted octanol–water partition coefficient (Wildman–Crippen LogP) is 4.34. The first-order valence-electron chi connectivity index (χ1n) is 11.1.